The minimum Gasteiger partial charge on any atom is -0.495 e. The monoisotopic (exact) mass is 399 g/mol. The molecule has 0 bridgehead atoms. The Balaban J connectivity index is 2.10. The summed E-state index contributed by atoms with van der Waals surface area (Å²) in [7, 11) is 1.50. The van der Waals surface area contributed by atoms with Gasteiger partial charge >= 0.3 is 5.69 Å². The summed E-state index contributed by atoms with van der Waals surface area (Å²) in [6.07, 6.45) is 1.29. The highest BCUT2D eigenvalue weighted by Crippen LogP contribution is 2.38. The van der Waals surface area contributed by atoms with Gasteiger partial charge in [0, 0.05) is 17.3 Å². The number of para-hydroxylation sites is 1. The van der Waals surface area contributed by atoms with Gasteiger partial charge in [0.15, 0.2) is 0 Å². The first-order valence-corrected chi connectivity index (χ1v) is 8.85. The number of nitro groups is 1. The Kier molecular flexibility index (Phi) is 5.90. The summed E-state index contributed by atoms with van der Waals surface area (Å²) in [5.41, 5.74) is 1.01. The number of hydrogen-bond acceptors (Lipinski definition) is 7. The fourth-order valence-electron chi connectivity index (χ4n) is 2.79. The normalized spacial score (nSPS) is 10.4. The number of rotatable bonds is 7. The average molecular weight is 400 g/mol. The van der Waals surface area contributed by atoms with Gasteiger partial charge in [0.05, 0.1) is 17.7 Å². The van der Waals surface area contributed by atoms with Crippen LogP contribution in [0.25, 0.3) is 0 Å². The minimum absolute atomic E-state index is 0.0462. The molecule has 0 radical (unpaired) electrons. The van der Waals surface area contributed by atoms with E-state index in [-0.39, 0.29) is 17.3 Å². The summed E-state index contributed by atoms with van der Waals surface area (Å²) in [6, 6.07) is 14.3. The Bertz CT molecular complexity index is 985. The quantitative estimate of drug-likeness (QED) is 0.443. The van der Waals surface area contributed by atoms with Gasteiger partial charge in [0.2, 0.25) is 11.6 Å². The third kappa shape index (κ3) is 3.96. The number of ether oxygens (including phenoxy) is 1. The van der Waals surface area contributed by atoms with Crippen molar-refractivity contribution >= 4 is 40.3 Å². The number of anilines is 4. The molecule has 3 aromatic rings. The van der Waals surface area contributed by atoms with Gasteiger partial charge in [0.1, 0.15) is 12.1 Å². The molecule has 0 amide bonds. The van der Waals surface area contributed by atoms with Crippen LogP contribution in [0, 0.1) is 10.1 Å². The maximum absolute atomic E-state index is 11.9. The summed E-state index contributed by atoms with van der Waals surface area (Å²) in [4.78, 5) is 21.4. The second kappa shape index (κ2) is 8.53. The van der Waals surface area contributed by atoms with E-state index in [1.54, 1.807) is 23.1 Å². The molecule has 3 rings (SSSR count). The van der Waals surface area contributed by atoms with Gasteiger partial charge in [-0.2, -0.15) is 0 Å². The summed E-state index contributed by atoms with van der Waals surface area (Å²) in [5.74, 6) is 0.719. The molecule has 0 spiro atoms. The van der Waals surface area contributed by atoms with Crippen LogP contribution in [0.1, 0.15) is 6.92 Å². The van der Waals surface area contributed by atoms with Crippen molar-refractivity contribution in [2.24, 2.45) is 0 Å². The molecule has 0 saturated carbocycles. The van der Waals surface area contributed by atoms with E-state index >= 15 is 0 Å². The zero-order valence-electron chi connectivity index (χ0n) is 15.3. The van der Waals surface area contributed by atoms with Crippen LogP contribution in [0.4, 0.5) is 28.7 Å². The van der Waals surface area contributed by atoms with Gasteiger partial charge in [-0.05, 0) is 37.3 Å². The molecule has 0 aliphatic carbocycles. The van der Waals surface area contributed by atoms with Crippen LogP contribution < -0.4 is 15.0 Å². The average Bonchev–Trinajstić information content (AvgIpc) is 2.69. The van der Waals surface area contributed by atoms with Crippen molar-refractivity contribution in [3.8, 4) is 5.75 Å². The lowest BCUT2D eigenvalue weighted by Gasteiger charge is -2.22. The van der Waals surface area contributed by atoms with E-state index in [4.69, 9.17) is 16.3 Å². The molecular formula is C19H18ClN5O3. The summed E-state index contributed by atoms with van der Waals surface area (Å²) in [5, 5.41) is 15.3. The van der Waals surface area contributed by atoms with Crippen LogP contribution in [0.2, 0.25) is 5.02 Å². The molecule has 144 valence electrons. The molecule has 0 fully saturated rings. The number of methoxy groups -OCH3 is 1. The number of benzene rings is 2. The Morgan fingerprint density at radius 2 is 1.96 bits per heavy atom. The molecule has 1 heterocycles. The topological polar surface area (TPSA) is 93.4 Å². The van der Waals surface area contributed by atoms with Crippen molar-refractivity contribution in [3.63, 3.8) is 0 Å². The highest BCUT2D eigenvalue weighted by Gasteiger charge is 2.28. The second-order valence-electron chi connectivity index (χ2n) is 5.70. The van der Waals surface area contributed by atoms with Crippen molar-refractivity contribution in [1.82, 2.24) is 9.97 Å². The lowest BCUT2D eigenvalue weighted by Crippen LogP contribution is -2.19. The molecule has 0 atom stereocenters. The Morgan fingerprint density at radius 3 is 2.61 bits per heavy atom. The van der Waals surface area contributed by atoms with Crippen LogP contribution in [-0.4, -0.2) is 28.5 Å². The van der Waals surface area contributed by atoms with Crippen LogP contribution in [-0.2, 0) is 0 Å². The van der Waals surface area contributed by atoms with Crippen LogP contribution in [0.15, 0.2) is 54.9 Å². The molecule has 1 N–H and O–H groups in total. The molecule has 0 aliphatic heterocycles. The van der Waals surface area contributed by atoms with E-state index in [1.165, 1.54) is 13.4 Å². The number of nitrogens with one attached hydrogen (secondary N) is 1. The smallest absolute Gasteiger partial charge is 0.354 e. The zero-order chi connectivity index (χ0) is 20.1. The minimum atomic E-state index is -0.500. The van der Waals surface area contributed by atoms with E-state index in [1.807, 2.05) is 37.3 Å². The number of halogens is 1. The third-order valence-corrected chi connectivity index (χ3v) is 4.27. The van der Waals surface area contributed by atoms with Gasteiger partial charge in [-0.3, -0.25) is 10.1 Å². The van der Waals surface area contributed by atoms with Crippen molar-refractivity contribution < 1.29 is 9.66 Å². The fraction of sp³-hybridized carbons (Fsp3) is 0.158. The number of aromatic nitrogens is 2. The maximum atomic E-state index is 11.9. The Labute approximate surface area is 166 Å². The summed E-state index contributed by atoms with van der Waals surface area (Å²) >= 11 is 6.06. The maximum Gasteiger partial charge on any atom is 0.354 e. The molecular weight excluding hydrogens is 382 g/mol. The van der Waals surface area contributed by atoms with Crippen molar-refractivity contribution in [1.29, 1.82) is 0 Å². The first kappa shape index (κ1) is 19.4. The first-order valence-electron chi connectivity index (χ1n) is 8.47. The van der Waals surface area contributed by atoms with E-state index < -0.39 is 4.92 Å². The molecule has 28 heavy (non-hydrogen) atoms. The third-order valence-electron chi connectivity index (χ3n) is 4.04. The Morgan fingerprint density at radius 1 is 1.21 bits per heavy atom. The zero-order valence-corrected chi connectivity index (χ0v) is 16.1. The molecule has 1 aromatic heterocycles. The van der Waals surface area contributed by atoms with Gasteiger partial charge in [-0.25, -0.2) is 9.97 Å². The molecule has 2 aromatic carbocycles. The highest BCUT2D eigenvalue weighted by atomic mass is 35.5. The van der Waals surface area contributed by atoms with Crippen LogP contribution >= 0.6 is 11.6 Å². The Hall–Kier alpha value is -3.39. The predicted octanol–water partition coefficient (Wildman–Crippen LogP) is 4.95. The number of nitrogens with zero attached hydrogens (tertiary/aromatic N) is 4. The van der Waals surface area contributed by atoms with E-state index in [0.717, 1.165) is 5.69 Å². The lowest BCUT2D eigenvalue weighted by molar-refractivity contribution is -0.383. The van der Waals surface area contributed by atoms with Gasteiger partial charge in [-0.1, -0.05) is 29.8 Å². The van der Waals surface area contributed by atoms with Crippen LogP contribution in [0.5, 0.6) is 5.75 Å². The first-order chi connectivity index (χ1) is 13.5. The molecule has 0 aliphatic rings. The second-order valence-corrected chi connectivity index (χ2v) is 6.14. The fourth-order valence-corrected chi connectivity index (χ4v) is 2.97. The number of hydrogen-bond donors (Lipinski definition) is 1. The van der Waals surface area contributed by atoms with Gasteiger partial charge in [-0.15, -0.1) is 0 Å². The molecule has 9 heteroatoms. The summed E-state index contributed by atoms with van der Waals surface area (Å²) in [6.45, 7) is 2.38. The van der Waals surface area contributed by atoms with E-state index in [0.29, 0.717) is 23.0 Å². The SMILES string of the molecule is CCN(c1ccccc1)c1ncnc(Nc2cc(Cl)ccc2OC)c1[N+](=O)[O-]. The van der Waals surface area contributed by atoms with E-state index in [2.05, 4.69) is 15.3 Å². The van der Waals surface area contributed by atoms with Gasteiger partial charge in [0.25, 0.3) is 0 Å². The molecule has 8 nitrogen and oxygen atoms in total. The molecule has 0 saturated heterocycles. The van der Waals surface area contributed by atoms with Gasteiger partial charge < -0.3 is 15.0 Å². The van der Waals surface area contributed by atoms with Crippen molar-refractivity contribution in [2.75, 3.05) is 23.9 Å². The highest BCUT2D eigenvalue weighted by molar-refractivity contribution is 6.31. The predicted molar refractivity (Wildman–Crippen MR) is 109 cm³/mol. The van der Waals surface area contributed by atoms with Crippen LogP contribution in [0.3, 0.4) is 0 Å². The molecule has 0 unspecified atom stereocenters. The largest absolute Gasteiger partial charge is 0.495 e. The standard InChI is InChI=1S/C19H18ClN5O3/c1-3-24(14-7-5-4-6-8-14)19-17(25(26)27)18(21-12-22-19)23-15-11-13(20)9-10-16(15)28-2/h4-12H,3H2,1-2H3,(H,21,22,23). The van der Waals surface area contributed by atoms with Crippen molar-refractivity contribution in [2.45, 2.75) is 6.92 Å². The summed E-state index contributed by atoms with van der Waals surface area (Å²) < 4.78 is 5.30. The van der Waals surface area contributed by atoms with E-state index in [9.17, 15) is 10.1 Å². The lowest BCUT2D eigenvalue weighted by atomic mass is 10.2. The van der Waals surface area contributed by atoms with Crippen molar-refractivity contribution in [3.05, 3.63) is 70.0 Å².